The Bertz CT molecular complexity index is 964. The van der Waals surface area contributed by atoms with Crippen LogP contribution in [0, 0.1) is 0 Å². The largest absolute Gasteiger partial charge is 0.494 e. The number of ether oxygens (including phenoxy) is 1. The zero-order valence-electron chi connectivity index (χ0n) is 15.9. The van der Waals surface area contributed by atoms with Gasteiger partial charge in [-0.05, 0) is 48.5 Å². The summed E-state index contributed by atoms with van der Waals surface area (Å²) in [7, 11) is 5.37. The van der Waals surface area contributed by atoms with Gasteiger partial charge in [-0.2, -0.15) is 0 Å². The SMILES string of the molecule is COc1cc(NC(=O)c2ccc(N(C)C)cc2)ccc1NC(=O)c1ccco1. The van der Waals surface area contributed by atoms with Gasteiger partial charge in [0.15, 0.2) is 5.76 Å². The number of benzene rings is 2. The van der Waals surface area contributed by atoms with Crippen molar-refractivity contribution in [3.05, 3.63) is 72.2 Å². The summed E-state index contributed by atoms with van der Waals surface area (Å²) >= 11 is 0. The van der Waals surface area contributed by atoms with E-state index in [1.807, 2.05) is 31.1 Å². The minimum absolute atomic E-state index is 0.195. The van der Waals surface area contributed by atoms with Crippen LogP contribution in [0.1, 0.15) is 20.9 Å². The quantitative estimate of drug-likeness (QED) is 0.679. The fourth-order valence-electron chi connectivity index (χ4n) is 2.58. The van der Waals surface area contributed by atoms with Gasteiger partial charge in [-0.1, -0.05) is 0 Å². The third-order valence-electron chi connectivity index (χ3n) is 4.10. The van der Waals surface area contributed by atoms with Crippen molar-refractivity contribution in [3.8, 4) is 5.75 Å². The second kappa shape index (κ2) is 8.30. The predicted molar refractivity (Wildman–Crippen MR) is 108 cm³/mol. The molecule has 0 atom stereocenters. The van der Waals surface area contributed by atoms with Crippen LogP contribution in [-0.2, 0) is 0 Å². The second-order valence-corrected chi connectivity index (χ2v) is 6.24. The van der Waals surface area contributed by atoms with Crippen molar-refractivity contribution in [2.75, 3.05) is 36.7 Å². The van der Waals surface area contributed by atoms with Gasteiger partial charge in [0, 0.05) is 37.1 Å². The molecular weight excluding hydrogens is 358 g/mol. The van der Waals surface area contributed by atoms with E-state index in [1.165, 1.54) is 13.4 Å². The number of carbonyl (C=O) groups is 2. The Balaban J connectivity index is 1.72. The summed E-state index contributed by atoms with van der Waals surface area (Å²) in [5.74, 6) is -0.0120. The number of nitrogens with one attached hydrogen (secondary N) is 2. The highest BCUT2D eigenvalue weighted by atomic mass is 16.5. The maximum atomic E-state index is 12.5. The summed E-state index contributed by atoms with van der Waals surface area (Å²) < 4.78 is 10.4. The third kappa shape index (κ3) is 4.32. The number of amides is 2. The molecule has 2 amide bonds. The molecule has 1 heterocycles. The van der Waals surface area contributed by atoms with Crippen molar-refractivity contribution in [3.63, 3.8) is 0 Å². The Morgan fingerprint density at radius 3 is 2.32 bits per heavy atom. The van der Waals surface area contributed by atoms with Crippen molar-refractivity contribution < 1.29 is 18.7 Å². The lowest BCUT2D eigenvalue weighted by Gasteiger charge is -2.14. The van der Waals surface area contributed by atoms with Gasteiger partial charge in [0.05, 0.1) is 19.1 Å². The molecule has 0 aliphatic carbocycles. The van der Waals surface area contributed by atoms with Crippen LogP contribution in [0.15, 0.2) is 65.3 Å². The molecule has 0 saturated carbocycles. The summed E-state index contributed by atoms with van der Waals surface area (Å²) in [4.78, 5) is 26.6. The molecule has 2 aromatic carbocycles. The molecule has 2 N–H and O–H groups in total. The molecule has 0 aliphatic heterocycles. The topological polar surface area (TPSA) is 83.8 Å². The average molecular weight is 379 g/mol. The number of rotatable bonds is 6. The first-order chi connectivity index (χ1) is 13.5. The number of anilines is 3. The zero-order valence-corrected chi connectivity index (χ0v) is 15.9. The van der Waals surface area contributed by atoms with Crippen LogP contribution in [0.5, 0.6) is 5.75 Å². The Morgan fingerprint density at radius 1 is 0.964 bits per heavy atom. The Labute approximate surface area is 162 Å². The monoisotopic (exact) mass is 379 g/mol. The van der Waals surface area contributed by atoms with Gasteiger partial charge in [0.1, 0.15) is 5.75 Å². The number of furan rings is 1. The van der Waals surface area contributed by atoms with Crippen molar-refractivity contribution in [2.24, 2.45) is 0 Å². The van der Waals surface area contributed by atoms with Crippen molar-refractivity contribution in [1.82, 2.24) is 0 Å². The van der Waals surface area contributed by atoms with Gasteiger partial charge in [-0.15, -0.1) is 0 Å². The van der Waals surface area contributed by atoms with Gasteiger partial charge in [-0.3, -0.25) is 9.59 Å². The summed E-state index contributed by atoms with van der Waals surface area (Å²) in [6, 6.07) is 15.5. The molecule has 7 heteroatoms. The molecule has 0 radical (unpaired) electrons. The lowest BCUT2D eigenvalue weighted by molar-refractivity contribution is 0.0994. The summed E-state index contributed by atoms with van der Waals surface area (Å²) in [5, 5.41) is 5.54. The van der Waals surface area contributed by atoms with Crippen LogP contribution in [0.4, 0.5) is 17.1 Å². The van der Waals surface area contributed by atoms with E-state index < -0.39 is 0 Å². The zero-order chi connectivity index (χ0) is 20.1. The molecule has 3 rings (SSSR count). The number of nitrogens with zero attached hydrogens (tertiary/aromatic N) is 1. The summed E-state index contributed by atoms with van der Waals surface area (Å²) in [6.07, 6.45) is 1.43. The van der Waals surface area contributed by atoms with Gasteiger partial charge < -0.3 is 24.7 Å². The lowest BCUT2D eigenvalue weighted by atomic mass is 10.1. The first-order valence-electron chi connectivity index (χ1n) is 8.59. The molecule has 1 aromatic heterocycles. The maximum Gasteiger partial charge on any atom is 0.291 e. The highest BCUT2D eigenvalue weighted by Crippen LogP contribution is 2.29. The van der Waals surface area contributed by atoms with Crippen molar-refractivity contribution in [2.45, 2.75) is 0 Å². The van der Waals surface area contributed by atoms with Crippen LogP contribution in [0.25, 0.3) is 0 Å². The second-order valence-electron chi connectivity index (χ2n) is 6.24. The Kier molecular flexibility index (Phi) is 5.64. The maximum absolute atomic E-state index is 12.5. The average Bonchev–Trinajstić information content (AvgIpc) is 3.24. The Hall–Kier alpha value is -3.74. The summed E-state index contributed by atoms with van der Waals surface area (Å²) in [6.45, 7) is 0. The smallest absolute Gasteiger partial charge is 0.291 e. The normalized spacial score (nSPS) is 10.2. The molecule has 0 unspecified atom stereocenters. The highest BCUT2D eigenvalue weighted by molar-refractivity contribution is 6.05. The van der Waals surface area contributed by atoms with E-state index in [-0.39, 0.29) is 17.6 Å². The molecule has 7 nitrogen and oxygen atoms in total. The van der Waals surface area contributed by atoms with E-state index in [1.54, 1.807) is 42.5 Å². The molecule has 28 heavy (non-hydrogen) atoms. The molecule has 144 valence electrons. The molecule has 0 saturated heterocycles. The third-order valence-corrected chi connectivity index (χ3v) is 4.10. The first-order valence-corrected chi connectivity index (χ1v) is 8.59. The van der Waals surface area contributed by atoms with Crippen molar-refractivity contribution in [1.29, 1.82) is 0 Å². The van der Waals surface area contributed by atoms with Gasteiger partial charge in [0.2, 0.25) is 0 Å². The highest BCUT2D eigenvalue weighted by Gasteiger charge is 2.13. The van der Waals surface area contributed by atoms with E-state index in [0.29, 0.717) is 22.7 Å². The van der Waals surface area contributed by atoms with E-state index in [2.05, 4.69) is 10.6 Å². The minimum atomic E-state index is -0.388. The van der Waals surface area contributed by atoms with Crippen LogP contribution < -0.4 is 20.3 Å². The standard InChI is InChI=1S/C21H21N3O4/c1-24(2)16-9-6-14(7-10-16)20(25)22-15-8-11-17(19(13-15)27-3)23-21(26)18-5-4-12-28-18/h4-13H,1-3H3,(H,22,25)(H,23,26). The van der Waals surface area contributed by atoms with Gasteiger partial charge >= 0.3 is 0 Å². The fraction of sp³-hybridized carbons (Fsp3) is 0.143. The lowest BCUT2D eigenvalue weighted by Crippen LogP contribution is -2.14. The fourth-order valence-corrected chi connectivity index (χ4v) is 2.58. The number of hydrogen-bond acceptors (Lipinski definition) is 5. The predicted octanol–water partition coefficient (Wildman–Crippen LogP) is 3.86. The van der Waals surface area contributed by atoms with Crippen molar-refractivity contribution >= 4 is 28.9 Å². The van der Waals surface area contributed by atoms with Crippen LogP contribution in [0.3, 0.4) is 0 Å². The number of hydrogen-bond donors (Lipinski definition) is 2. The van der Waals surface area contributed by atoms with Crippen LogP contribution in [0.2, 0.25) is 0 Å². The molecule has 3 aromatic rings. The van der Waals surface area contributed by atoms with Crippen LogP contribution >= 0.6 is 0 Å². The molecule has 0 spiro atoms. The van der Waals surface area contributed by atoms with E-state index in [9.17, 15) is 9.59 Å². The van der Waals surface area contributed by atoms with Gasteiger partial charge in [-0.25, -0.2) is 0 Å². The van der Waals surface area contributed by atoms with Gasteiger partial charge in [0.25, 0.3) is 11.8 Å². The van der Waals surface area contributed by atoms with E-state index in [0.717, 1.165) is 5.69 Å². The minimum Gasteiger partial charge on any atom is -0.494 e. The summed E-state index contributed by atoms with van der Waals surface area (Å²) in [5.41, 5.74) is 2.57. The first kappa shape index (κ1) is 19.0. The molecule has 0 bridgehead atoms. The van der Waals surface area contributed by atoms with E-state index in [4.69, 9.17) is 9.15 Å². The molecule has 0 fully saturated rings. The number of methoxy groups -OCH3 is 1. The van der Waals surface area contributed by atoms with Crippen LogP contribution in [-0.4, -0.2) is 33.0 Å². The molecular formula is C21H21N3O4. The Morgan fingerprint density at radius 2 is 1.71 bits per heavy atom. The molecule has 0 aliphatic rings. The number of carbonyl (C=O) groups excluding carboxylic acids is 2. The van der Waals surface area contributed by atoms with E-state index >= 15 is 0 Å².